The lowest BCUT2D eigenvalue weighted by atomic mass is 10.2. The number of nitrogens with zero attached hydrogens (tertiary/aromatic N) is 2. The Hall–Kier alpha value is -0.640. The molecule has 0 unspecified atom stereocenters. The number of halogens is 3. The van der Waals surface area contributed by atoms with E-state index in [9.17, 15) is 0 Å². The third kappa shape index (κ3) is 3.22. The van der Waals surface area contributed by atoms with Gasteiger partial charge >= 0.3 is 0 Å². The lowest BCUT2D eigenvalue weighted by Crippen LogP contribution is -1.96. The van der Waals surface area contributed by atoms with E-state index in [0.717, 1.165) is 28.6 Å². The van der Waals surface area contributed by atoms with E-state index in [1.807, 2.05) is 18.2 Å². The second-order valence-electron chi connectivity index (χ2n) is 3.88. The molecule has 0 aliphatic carbocycles. The molecule has 5 heteroatoms. The highest BCUT2D eigenvalue weighted by atomic mass is 79.9. The van der Waals surface area contributed by atoms with Gasteiger partial charge in [0.25, 0.3) is 0 Å². The van der Waals surface area contributed by atoms with Gasteiger partial charge in [-0.05, 0) is 46.6 Å². The zero-order valence-electron chi connectivity index (χ0n) is 9.75. The number of aromatic nitrogens is 2. The number of hydrogen-bond acceptors (Lipinski definition) is 2. The van der Waals surface area contributed by atoms with Gasteiger partial charge in [0.1, 0.15) is 5.15 Å². The summed E-state index contributed by atoms with van der Waals surface area (Å²) in [6.07, 6.45) is 1.92. The zero-order chi connectivity index (χ0) is 13.1. The standard InChI is InChI=1S/C13H11BrCl2N2/c1-2-3-9-7-12(16)18-13(17-9)8-4-5-11(15)10(14)6-8/h4-7H,2-3H2,1H3. The van der Waals surface area contributed by atoms with Gasteiger partial charge in [0.05, 0.1) is 5.02 Å². The molecular weight excluding hydrogens is 335 g/mol. The summed E-state index contributed by atoms with van der Waals surface area (Å²) in [5, 5.41) is 1.13. The third-order valence-electron chi connectivity index (χ3n) is 2.43. The molecule has 0 atom stereocenters. The maximum atomic E-state index is 6.02. The molecule has 0 spiro atoms. The maximum absolute atomic E-state index is 6.02. The Balaban J connectivity index is 2.46. The lowest BCUT2D eigenvalue weighted by molar-refractivity contribution is 0.875. The van der Waals surface area contributed by atoms with Crippen molar-refractivity contribution in [3.63, 3.8) is 0 Å². The Kier molecular flexibility index (Phi) is 4.60. The van der Waals surface area contributed by atoms with Crippen molar-refractivity contribution in [2.24, 2.45) is 0 Å². The van der Waals surface area contributed by atoms with E-state index in [1.165, 1.54) is 0 Å². The molecule has 0 amide bonds. The van der Waals surface area contributed by atoms with Gasteiger partial charge in [-0.1, -0.05) is 36.5 Å². The van der Waals surface area contributed by atoms with Gasteiger partial charge in [0.2, 0.25) is 0 Å². The summed E-state index contributed by atoms with van der Waals surface area (Å²) in [5.41, 5.74) is 1.85. The van der Waals surface area contributed by atoms with Crippen LogP contribution in [0.4, 0.5) is 0 Å². The molecule has 0 bridgehead atoms. The van der Waals surface area contributed by atoms with Crippen LogP contribution < -0.4 is 0 Å². The van der Waals surface area contributed by atoms with Gasteiger partial charge in [0.15, 0.2) is 5.82 Å². The molecule has 0 saturated heterocycles. The summed E-state index contributed by atoms with van der Waals surface area (Å²) >= 11 is 15.4. The fourth-order valence-corrected chi connectivity index (χ4v) is 2.32. The quantitative estimate of drug-likeness (QED) is 0.717. The molecule has 0 aliphatic rings. The van der Waals surface area contributed by atoms with Gasteiger partial charge in [-0.2, -0.15) is 0 Å². The van der Waals surface area contributed by atoms with Gasteiger partial charge in [-0.15, -0.1) is 0 Å². The van der Waals surface area contributed by atoms with Crippen LogP contribution in [0.2, 0.25) is 10.2 Å². The molecule has 1 heterocycles. The van der Waals surface area contributed by atoms with E-state index in [0.29, 0.717) is 16.0 Å². The summed E-state index contributed by atoms with van der Waals surface area (Å²) in [6.45, 7) is 2.11. The van der Waals surface area contributed by atoms with Crippen molar-refractivity contribution in [2.45, 2.75) is 19.8 Å². The minimum atomic E-state index is 0.467. The largest absolute Gasteiger partial charge is 0.233 e. The van der Waals surface area contributed by atoms with E-state index < -0.39 is 0 Å². The molecule has 0 fully saturated rings. The number of rotatable bonds is 3. The van der Waals surface area contributed by atoms with Crippen LogP contribution in [0.3, 0.4) is 0 Å². The van der Waals surface area contributed by atoms with Gasteiger partial charge in [0, 0.05) is 15.7 Å². The normalized spacial score (nSPS) is 10.7. The second-order valence-corrected chi connectivity index (χ2v) is 5.53. The number of hydrogen-bond donors (Lipinski definition) is 0. The van der Waals surface area contributed by atoms with Crippen molar-refractivity contribution in [1.29, 1.82) is 0 Å². The average molecular weight is 346 g/mol. The first-order valence-corrected chi connectivity index (χ1v) is 7.14. The van der Waals surface area contributed by atoms with Gasteiger partial charge < -0.3 is 0 Å². The molecule has 0 saturated carbocycles. The van der Waals surface area contributed by atoms with Crippen molar-refractivity contribution < 1.29 is 0 Å². The summed E-state index contributed by atoms with van der Waals surface area (Å²) in [4.78, 5) is 8.75. The molecule has 2 nitrogen and oxygen atoms in total. The first-order chi connectivity index (χ1) is 8.60. The van der Waals surface area contributed by atoms with E-state index in [4.69, 9.17) is 23.2 Å². The number of aryl methyl sites for hydroxylation is 1. The van der Waals surface area contributed by atoms with Crippen LogP contribution in [0.25, 0.3) is 11.4 Å². The summed E-state index contributed by atoms with van der Waals surface area (Å²) in [5.74, 6) is 0.628. The summed E-state index contributed by atoms with van der Waals surface area (Å²) < 4.78 is 0.822. The Morgan fingerprint density at radius 2 is 1.94 bits per heavy atom. The predicted octanol–water partition coefficient (Wildman–Crippen LogP) is 5.17. The van der Waals surface area contributed by atoms with Crippen molar-refractivity contribution in [1.82, 2.24) is 9.97 Å². The minimum absolute atomic E-state index is 0.467. The topological polar surface area (TPSA) is 25.8 Å². The Morgan fingerprint density at radius 3 is 2.61 bits per heavy atom. The van der Waals surface area contributed by atoms with E-state index >= 15 is 0 Å². The minimum Gasteiger partial charge on any atom is -0.233 e. The van der Waals surface area contributed by atoms with Crippen LogP contribution in [0.1, 0.15) is 19.0 Å². The highest BCUT2D eigenvalue weighted by Gasteiger charge is 2.07. The van der Waals surface area contributed by atoms with Crippen molar-refractivity contribution in [3.05, 3.63) is 44.6 Å². The van der Waals surface area contributed by atoms with Gasteiger partial charge in [-0.3, -0.25) is 0 Å². The summed E-state index contributed by atoms with van der Waals surface area (Å²) in [7, 11) is 0. The van der Waals surface area contributed by atoms with Crippen molar-refractivity contribution >= 4 is 39.1 Å². The van der Waals surface area contributed by atoms with E-state index in [-0.39, 0.29) is 0 Å². The molecule has 0 radical (unpaired) electrons. The molecule has 94 valence electrons. The van der Waals surface area contributed by atoms with Crippen molar-refractivity contribution in [3.8, 4) is 11.4 Å². The Bertz CT molecular complexity index is 573. The van der Waals surface area contributed by atoms with Crippen LogP contribution in [-0.2, 0) is 6.42 Å². The van der Waals surface area contributed by atoms with E-state index in [1.54, 1.807) is 6.07 Å². The zero-order valence-corrected chi connectivity index (χ0v) is 12.8. The Labute approximate surface area is 124 Å². The monoisotopic (exact) mass is 344 g/mol. The first-order valence-electron chi connectivity index (χ1n) is 5.59. The molecule has 1 aromatic carbocycles. The molecule has 1 aromatic heterocycles. The second kappa shape index (κ2) is 6.00. The lowest BCUT2D eigenvalue weighted by Gasteiger charge is -2.05. The molecule has 18 heavy (non-hydrogen) atoms. The fraction of sp³-hybridized carbons (Fsp3) is 0.231. The molecule has 0 N–H and O–H groups in total. The Morgan fingerprint density at radius 1 is 1.17 bits per heavy atom. The molecule has 2 aromatic rings. The SMILES string of the molecule is CCCc1cc(Cl)nc(-c2ccc(Cl)c(Br)c2)n1. The molecule has 0 aliphatic heterocycles. The average Bonchev–Trinajstić information content (AvgIpc) is 2.32. The van der Waals surface area contributed by atoms with Crippen LogP contribution in [0, 0.1) is 0 Å². The van der Waals surface area contributed by atoms with Crippen LogP contribution in [0.15, 0.2) is 28.7 Å². The van der Waals surface area contributed by atoms with Crippen LogP contribution in [-0.4, -0.2) is 9.97 Å². The van der Waals surface area contributed by atoms with Crippen LogP contribution in [0.5, 0.6) is 0 Å². The van der Waals surface area contributed by atoms with Crippen molar-refractivity contribution in [2.75, 3.05) is 0 Å². The fourth-order valence-electron chi connectivity index (χ4n) is 1.61. The molecule has 2 rings (SSSR count). The smallest absolute Gasteiger partial charge is 0.161 e. The maximum Gasteiger partial charge on any atom is 0.161 e. The molecular formula is C13H11BrCl2N2. The number of benzene rings is 1. The predicted molar refractivity (Wildman–Crippen MR) is 79.2 cm³/mol. The highest BCUT2D eigenvalue weighted by Crippen LogP contribution is 2.28. The van der Waals surface area contributed by atoms with Gasteiger partial charge in [-0.25, -0.2) is 9.97 Å². The third-order valence-corrected chi connectivity index (χ3v) is 3.84. The highest BCUT2D eigenvalue weighted by molar-refractivity contribution is 9.10. The van der Waals surface area contributed by atoms with E-state index in [2.05, 4.69) is 32.8 Å². The first kappa shape index (κ1) is 13.8. The van der Waals surface area contributed by atoms with Crippen LogP contribution >= 0.6 is 39.1 Å². The summed E-state index contributed by atoms with van der Waals surface area (Å²) in [6, 6.07) is 7.39.